The lowest BCUT2D eigenvalue weighted by atomic mass is 9.35. The Morgan fingerprint density at radius 1 is 1.08 bits per heavy atom. The molecule has 194 valence electrons. The lowest BCUT2D eigenvalue weighted by Gasteiger charge is -2.69. The molecule has 6 aliphatic rings. The van der Waals surface area contributed by atoms with Gasteiger partial charge in [-0.15, -0.1) is 0 Å². The van der Waals surface area contributed by atoms with E-state index in [9.17, 15) is 14.4 Å². The number of carbonyl (C=O) groups excluding carboxylic acids is 3. The van der Waals surface area contributed by atoms with E-state index in [4.69, 9.17) is 23.4 Å². The summed E-state index contributed by atoms with van der Waals surface area (Å²) in [7, 11) is 0. The van der Waals surface area contributed by atoms with Crippen molar-refractivity contribution in [2.75, 3.05) is 0 Å². The Hall–Kier alpha value is -2.19. The molecule has 8 unspecified atom stereocenters. The van der Waals surface area contributed by atoms with Crippen LogP contribution in [0.2, 0.25) is 0 Å². The van der Waals surface area contributed by atoms with Crippen molar-refractivity contribution in [3.63, 3.8) is 0 Å². The van der Waals surface area contributed by atoms with E-state index in [-0.39, 0.29) is 47.2 Å². The third-order valence-corrected chi connectivity index (χ3v) is 11.6. The van der Waals surface area contributed by atoms with E-state index in [2.05, 4.69) is 20.8 Å². The number of epoxide rings is 2. The Labute approximate surface area is 210 Å². The average Bonchev–Trinajstić information content (AvgIpc) is 3.71. The quantitative estimate of drug-likeness (QED) is 0.448. The third kappa shape index (κ3) is 2.25. The van der Waals surface area contributed by atoms with Crippen LogP contribution >= 0.6 is 0 Å². The normalized spacial score (nSPS) is 53.6. The van der Waals surface area contributed by atoms with Gasteiger partial charge in [-0.3, -0.25) is 9.59 Å². The van der Waals surface area contributed by atoms with Crippen LogP contribution in [0.1, 0.15) is 72.5 Å². The van der Waals surface area contributed by atoms with Gasteiger partial charge in [-0.25, -0.2) is 4.79 Å². The highest BCUT2D eigenvalue weighted by Gasteiger charge is 2.90. The number of ether oxygens (including phenoxy) is 4. The maximum absolute atomic E-state index is 13.3. The molecular formula is C28H34O8. The summed E-state index contributed by atoms with van der Waals surface area (Å²) in [5.41, 5.74) is -2.24. The van der Waals surface area contributed by atoms with Gasteiger partial charge in [0.2, 0.25) is 0 Å². The number of carbonyl (C=O) groups is 3. The van der Waals surface area contributed by atoms with E-state index in [1.807, 2.05) is 19.9 Å². The van der Waals surface area contributed by atoms with E-state index < -0.39 is 40.2 Å². The molecule has 4 heterocycles. The molecule has 8 nitrogen and oxygen atoms in total. The largest absolute Gasteiger partial charge is 0.472 e. The van der Waals surface area contributed by atoms with Gasteiger partial charge >= 0.3 is 11.9 Å². The first kappa shape index (κ1) is 23.0. The minimum absolute atomic E-state index is 0.0180. The van der Waals surface area contributed by atoms with E-state index in [0.717, 1.165) is 18.4 Å². The number of hydrogen-bond acceptors (Lipinski definition) is 8. The smallest absolute Gasteiger partial charge is 0.339 e. The minimum Gasteiger partial charge on any atom is -0.472 e. The summed E-state index contributed by atoms with van der Waals surface area (Å²) in [5, 5.41) is 0. The van der Waals surface area contributed by atoms with Crippen molar-refractivity contribution in [2.45, 2.75) is 96.9 Å². The summed E-state index contributed by atoms with van der Waals surface area (Å²) < 4.78 is 30.2. The number of fused-ring (bicyclic) bond motifs is 5. The van der Waals surface area contributed by atoms with E-state index >= 15 is 0 Å². The topological polar surface area (TPSA) is 108 Å². The van der Waals surface area contributed by atoms with Gasteiger partial charge in [-0.05, 0) is 37.2 Å². The SMILES string of the molecule is CC(=O)OC1CC2C(C)(C)C(=O)C3OC3[C@]2(C)C2CC[C@@]3(C)C(c4ccoc4)OC(=O)C4OC43[C@]12C. The summed E-state index contributed by atoms with van der Waals surface area (Å²) in [6.07, 6.45) is 3.01. The van der Waals surface area contributed by atoms with Crippen LogP contribution in [0.5, 0.6) is 0 Å². The molecule has 7 rings (SSSR count). The molecule has 3 saturated carbocycles. The van der Waals surface area contributed by atoms with Crippen LogP contribution in [0.3, 0.4) is 0 Å². The van der Waals surface area contributed by atoms with Crippen LogP contribution in [0, 0.1) is 33.5 Å². The second kappa shape index (κ2) is 6.44. The van der Waals surface area contributed by atoms with Crippen molar-refractivity contribution in [1.82, 2.24) is 0 Å². The third-order valence-electron chi connectivity index (χ3n) is 11.6. The second-order valence-corrected chi connectivity index (χ2v) is 13.2. The molecule has 1 aromatic heterocycles. The molecule has 36 heavy (non-hydrogen) atoms. The molecule has 1 aromatic rings. The van der Waals surface area contributed by atoms with Gasteiger partial charge in [-0.1, -0.05) is 34.6 Å². The second-order valence-electron chi connectivity index (χ2n) is 13.2. The Bertz CT molecular complexity index is 1190. The van der Waals surface area contributed by atoms with E-state index in [1.165, 1.54) is 6.92 Å². The summed E-state index contributed by atoms with van der Waals surface area (Å²) in [4.78, 5) is 39.1. The van der Waals surface area contributed by atoms with Gasteiger partial charge in [0, 0.05) is 34.1 Å². The highest BCUT2D eigenvalue weighted by molar-refractivity contribution is 5.93. The minimum atomic E-state index is -0.871. The van der Waals surface area contributed by atoms with Crippen LogP contribution in [0.15, 0.2) is 23.0 Å². The van der Waals surface area contributed by atoms with E-state index in [1.54, 1.807) is 12.5 Å². The lowest BCUT2D eigenvalue weighted by Crippen LogP contribution is -2.74. The summed E-state index contributed by atoms with van der Waals surface area (Å²) in [5.74, 6) is -0.615. The van der Waals surface area contributed by atoms with Crippen molar-refractivity contribution in [3.05, 3.63) is 24.2 Å². The molecule has 1 spiro atoms. The molecule has 3 aliphatic heterocycles. The predicted molar refractivity (Wildman–Crippen MR) is 123 cm³/mol. The molecule has 0 aromatic carbocycles. The fraction of sp³-hybridized carbons (Fsp3) is 0.750. The molecule has 11 atom stereocenters. The molecule has 6 fully saturated rings. The number of ketones is 1. The standard InChI is InChI=1S/C28H34O8/c1-13(29)33-17-11-16-24(2,3)19(30)18-21(34-18)26(16,5)15-7-9-25(4)20(14-8-10-32-12-14)35-23(31)22-28(25,36-22)27(15,17)6/h8,10,12,15-18,20-22H,7,9,11H2,1-6H3/t15?,16?,17?,18?,20?,21?,22?,25-,26+,27-,28?/m0/s1. The van der Waals surface area contributed by atoms with Gasteiger partial charge in [0.15, 0.2) is 11.9 Å². The number of Topliss-reactive ketones (excluding diaryl/α,β-unsaturated/α-hetero) is 1. The number of rotatable bonds is 2. The van der Waals surface area contributed by atoms with Crippen LogP contribution < -0.4 is 0 Å². The Morgan fingerprint density at radius 3 is 2.50 bits per heavy atom. The monoisotopic (exact) mass is 498 g/mol. The van der Waals surface area contributed by atoms with Crippen molar-refractivity contribution in [2.24, 2.45) is 33.5 Å². The van der Waals surface area contributed by atoms with Crippen molar-refractivity contribution >= 4 is 17.7 Å². The number of esters is 2. The lowest BCUT2D eigenvalue weighted by molar-refractivity contribution is -0.263. The zero-order chi connectivity index (χ0) is 25.6. The molecule has 0 N–H and O–H groups in total. The average molecular weight is 499 g/mol. The van der Waals surface area contributed by atoms with Crippen LogP contribution in [0.25, 0.3) is 0 Å². The number of furan rings is 1. The van der Waals surface area contributed by atoms with Crippen LogP contribution in [0.4, 0.5) is 0 Å². The van der Waals surface area contributed by atoms with Gasteiger partial charge in [-0.2, -0.15) is 0 Å². The maximum atomic E-state index is 13.3. The number of hydrogen-bond donors (Lipinski definition) is 0. The zero-order valence-corrected chi connectivity index (χ0v) is 21.7. The molecule has 0 amide bonds. The summed E-state index contributed by atoms with van der Waals surface area (Å²) in [6, 6.07) is 1.84. The predicted octanol–water partition coefficient (Wildman–Crippen LogP) is 3.77. The molecule has 3 saturated heterocycles. The molecule has 3 aliphatic carbocycles. The first-order chi connectivity index (χ1) is 16.8. The Kier molecular flexibility index (Phi) is 4.11. The maximum Gasteiger partial charge on any atom is 0.339 e. The van der Waals surface area contributed by atoms with Gasteiger partial charge in [0.25, 0.3) is 0 Å². The molecule has 0 radical (unpaired) electrons. The van der Waals surface area contributed by atoms with Crippen LogP contribution in [-0.4, -0.2) is 47.7 Å². The summed E-state index contributed by atoms with van der Waals surface area (Å²) >= 11 is 0. The molecule has 8 heteroatoms. The highest BCUT2D eigenvalue weighted by Crippen LogP contribution is 2.81. The van der Waals surface area contributed by atoms with Crippen molar-refractivity contribution < 1.29 is 37.7 Å². The van der Waals surface area contributed by atoms with Gasteiger partial charge in [0.05, 0.1) is 18.6 Å². The Morgan fingerprint density at radius 2 is 1.83 bits per heavy atom. The summed E-state index contributed by atoms with van der Waals surface area (Å²) in [6.45, 7) is 12.0. The fourth-order valence-corrected chi connectivity index (χ4v) is 10.0. The molecule has 0 bridgehead atoms. The first-order valence-corrected chi connectivity index (χ1v) is 13.1. The first-order valence-electron chi connectivity index (χ1n) is 13.1. The van der Waals surface area contributed by atoms with Gasteiger partial charge in [0.1, 0.15) is 23.9 Å². The highest BCUT2D eigenvalue weighted by atomic mass is 16.7. The number of cyclic esters (lactones) is 1. The van der Waals surface area contributed by atoms with Crippen molar-refractivity contribution in [1.29, 1.82) is 0 Å². The fourth-order valence-electron chi connectivity index (χ4n) is 10.0. The molecular weight excluding hydrogens is 464 g/mol. The van der Waals surface area contributed by atoms with Crippen molar-refractivity contribution in [3.8, 4) is 0 Å². The van der Waals surface area contributed by atoms with Crippen LogP contribution in [-0.2, 0) is 33.3 Å². The zero-order valence-electron chi connectivity index (χ0n) is 21.7. The van der Waals surface area contributed by atoms with Gasteiger partial charge < -0.3 is 23.4 Å². The van der Waals surface area contributed by atoms with E-state index in [0.29, 0.717) is 6.42 Å². The Balaban J connectivity index is 1.42.